The molecule has 1 radical (unpaired) electrons. The van der Waals surface area contributed by atoms with Crippen LogP contribution in [0.5, 0.6) is 5.75 Å². The Bertz CT molecular complexity index is 233. The van der Waals surface area contributed by atoms with Crippen LogP contribution in [0.4, 0.5) is 0 Å². The summed E-state index contributed by atoms with van der Waals surface area (Å²) in [4.78, 5) is 0. The molecule has 65 valence electrons. The van der Waals surface area contributed by atoms with E-state index in [1.54, 1.807) is 0 Å². The third-order valence-electron chi connectivity index (χ3n) is 1.61. The number of hydrogen-bond donors (Lipinski definition) is 0. The van der Waals surface area contributed by atoms with Gasteiger partial charge in [-0.15, -0.1) is 0 Å². The van der Waals surface area contributed by atoms with Crippen LogP contribution in [0, 0.1) is 20.8 Å². The van der Waals surface area contributed by atoms with Crippen LogP contribution in [-0.4, -0.2) is 6.61 Å². The van der Waals surface area contributed by atoms with Gasteiger partial charge in [-0.3, -0.25) is 0 Å². The first-order valence-electron chi connectivity index (χ1n) is 4.22. The van der Waals surface area contributed by atoms with Crippen molar-refractivity contribution in [2.75, 3.05) is 6.61 Å². The van der Waals surface area contributed by atoms with E-state index < -0.39 is 0 Å². The fraction of sp³-hybridized carbons (Fsp3) is 0.364. The van der Waals surface area contributed by atoms with E-state index in [1.807, 2.05) is 12.1 Å². The van der Waals surface area contributed by atoms with Gasteiger partial charge in [0.05, 0.1) is 6.61 Å². The van der Waals surface area contributed by atoms with Crippen molar-refractivity contribution in [2.45, 2.75) is 20.3 Å². The number of rotatable bonds is 3. The summed E-state index contributed by atoms with van der Waals surface area (Å²) < 4.78 is 5.45. The zero-order valence-corrected chi connectivity index (χ0v) is 7.76. The minimum atomic E-state index is 0.697. The lowest BCUT2D eigenvalue weighted by Gasteiger charge is -2.06. The molecular weight excluding hydrogens is 148 g/mol. The van der Waals surface area contributed by atoms with E-state index in [2.05, 4.69) is 26.8 Å². The van der Waals surface area contributed by atoms with Crippen molar-refractivity contribution in [3.8, 4) is 5.75 Å². The second kappa shape index (κ2) is 4.15. The van der Waals surface area contributed by atoms with Gasteiger partial charge in [0.15, 0.2) is 0 Å². The largest absolute Gasteiger partial charge is 0.494 e. The second-order valence-electron chi connectivity index (χ2n) is 3.03. The Labute approximate surface area is 74.4 Å². The third kappa shape index (κ3) is 2.57. The summed E-state index contributed by atoms with van der Waals surface area (Å²) in [6.45, 7) is 8.56. The quantitative estimate of drug-likeness (QED) is 0.665. The molecule has 0 amide bonds. The van der Waals surface area contributed by atoms with E-state index in [4.69, 9.17) is 4.74 Å². The molecule has 0 fully saturated rings. The predicted molar refractivity (Wildman–Crippen MR) is 51.4 cm³/mol. The van der Waals surface area contributed by atoms with Gasteiger partial charge in [0.2, 0.25) is 0 Å². The van der Waals surface area contributed by atoms with Gasteiger partial charge in [0.25, 0.3) is 0 Å². The first-order chi connectivity index (χ1) is 5.72. The molecule has 1 rings (SSSR count). The molecule has 1 heteroatoms. The second-order valence-corrected chi connectivity index (χ2v) is 3.03. The minimum Gasteiger partial charge on any atom is -0.494 e. The zero-order chi connectivity index (χ0) is 8.97. The minimum absolute atomic E-state index is 0.697. The smallest absolute Gasteiger partial charge is 0.119 e. The van der Waals surface area contributed by atoms with Crippen molar-refractivity contribution < 1.29 is 4.74 Å². The lowest BCUT2D eigenvalue weighted by molar-refractivity contribution is 0.324. The van der Waals surface area contributed by atoms with Crippen LogP contribution in [-0.2, 0) is 0 Å². The lowest BCUT2D eigenvalue weighted by Crippen LogP contribution is -1.95. The average Bonchev–Trinajstić information content (AvgIpc) is 1.99. The molecule has 0 N–H and O–H groups in total. The first kappa shape index (κ1) is 9.11. The average molecular weight is 163 g/mol. The molecule has 0 spiro atoms. The van der Waals surface area contributed by atoms with Crippen LogP contribution in [0.2, 0.25) is 0 Å². The van der Waals surface area contributed by atoms with Crippen molar-refractivity contribution in [2.24, 2.45) is 0 Å². The fourth-order valence-electron chi connectivity index (χ4n) is 1.21. The Morgan fingerprint density at radius 2 is 1.75 bits per heavy atom. The summed E-state index contributed by atoms with van der Waals surface area (Å²) in [5.74, 6) is 0.955. The van der Waals surface area contributed by atoms with Crippen molar-refractivity contribution in [3.63, 3.8) is 0 Å². The van der Waals surface area contributed by atoms with Crippen LogP contribution in [0.25, 0.3) is 0 Å². The van der Waals surface area contributed by atoms with Gasteiger partial charge in [-0.25, -0.2) is 0 Å². The van der Waals surface area contributed by atoms with Gasteiger partial charge in [-0.05, 0) is 50.5 Å². The maximum absolute atomic E-state index is 5.45. The van der Waals surface area contributed by atoms with Gasteiger partial charge in [0.1, 0.15) is 5.75 Å². The Hall–Kier alpha value is -0.980. The van der Waals surface area contributed by atoms with Crippen LogP contribution in [0.15, 0.2) is 18.2 Å². The predicted octanol–water partition coefficient (Wildman–Crippen LogP) is 2.91. The lowest BCUT2D eigenvalue weighted by atomic mass is 10.1. The number of benzene rings is 1. The molecule has 0 saturated heterocycles. The summed E-state index contributed by atoms with van der Waals surface area (Å²) in [5, 5.41) is 0. The summed E-state index contributed by atoms with van der Waals surface area (Å²) >= 11 is 0. The molecule has 1 nitrogen and oxygen atoms in total. The maximum Gasteiger partial charge on any atom is 0.119 e. The molecule has 12 heavy (non-hydrogen) atoms. The van der Waals surface area contributed by atoms with E-state index in [0.29, 0.717) is 6.61 Å². The molecule has 0 aliphatic heterocycles. The van der Waals surface area contributed by atoms with Crippen LogP contribution in [0.1, 0.15) is 17.5 Å². The third-order valence-corrected chi connectivity index (χ3v) is 1.61. The topological polar surface area (TPSA) is 9.23 Å². The van der Waals surface area contributed by atoms with Crippen LogP contribution in [0.3, 0.4) is 0 Å². The summed E-state index contributed by atoms with van der Waals surface area (Å²) in [5.41, 5.74) is 2.49. The van der Waals surface area contributed by atoms with Gasteiger partial charge >= 0.3 is 0 Å². The Morgan fingerprint density at radius 3 is 2.25 bits per heavy atom. The van der Waals surface area contributed by atoms with Crippen molar-refractivity contribution in [1.82, 2.24) is 0 Å². The van der Waals surface area contributed by atoms with E-state index in [9.17, 15) is 0 Å². The summed E-state index contributed by atoms with van der Waals surface area (Å²) in [6, 6.07) is 6.22. The molecule has 1 aromatic carbocycles. The highest BCUT2D eigenvalue weighted by atomic mass is 16.5. The Morgan fingerprint density at radius 1 is 1.17 bits per heavy atom. The monoisotopic (exact) mass is 163 g/mol. The summed E-state index contributed by atoms with van der Waals surface area (Å²) in [6.07, 6.45) is 0.812. The highest BCUT2D eigenvalue weighted by Gasteiger charge is 1.94. The molecule has 0 bridgehead atoms. The fourth-order valence-corrected chi connectivity index (χ4v) is 1.21. The number of ether oxygens (including phenoxy) is 1. The van der Waals surface area contributed by atoms with Crippen molar-refractivity contribution in [3.05, 3.63) is 36.2 Å². The Kier molecular flexibility index (Phi) is 3.15. The molecule has 0 aliphatic carbocycles. The van der Waals surface area contributed by atoms with E-state index in [0.717, 1.165) is 12.2 Å². The van der Waals surface area contributed by atoms with Gasteiger partial charge in [-0.1, -0.05) is 6.07 Å². The molecule has 1 aromatic rings. The van der Waals surface area contributed by atoms with Crippen molar-refractivity contribution in [1.29, 1.82) is 0 Å². The van der Waals surface area contributed by atoms with E-state index in [1.165, 1.54) is 11.1 Å². The first-order valence-corrected chi connectivity index (χ1v) is 4.22. The Balaban J connectivity index is 2.72. The summed E-state index contributed by atoms with van der Waals surface area (Å²) in [7, 11) is 0. The standard InChI is InChI=1S/C11H15O/c1-4-5-12-11-7-9(2)6-10(3)8-11/h6-8H,1,4-5H2,2-3H3. The molecule has 0 heterocycles. The van der Waals surface area contributed by atoms with Crippen molar-refractivity contribution >= 4 is 0 Å². The molecule has 0 atom stereocenters. The van der Waals surface area contributed by atoms with E-state index in [-0.39, 0.29) is 0 Å². The number of aryl methyl sites for hydroxylation is 2. The molecule has 0 aromatic heterocycles. The highest BCUT2D eigenvalue weighted by molar-refractivity contribution is 5.32. The van der Waals surface area contributed by atoms with Gasteiger partial charge in [-0.2, -0.15) is 0 Å². The van der Waals surface area contributed by atoms with Crippen LogP contribution < -0.4 is 4.74 Å². The molecule has 0 unspecified atom stereocenters. The van der Waals surface area contributed by atoms with Gasteiger partial charge in [0, 0.05) is 0 Å². The van der Waals surface area contributed by atoms with E-state index >= 15 is 0 Å². The SMILES string of the molecule is [CH2]CCOc1cc(C)cc(C)c1. The molecule has 0 aliphatic rings. The molecular formula is C11H15O. The number of hydrogen-bond acceptors (Lipinski definition) is 1. The maximum atomic E-state index is 5.45. The zero-order valence-electron chi connectivity index (χ0n) is 7.76. The van der Waals surface area contributed by atoms with Gasteiger partial charge < -0.3 is 4.74 Å². The normalized spacial score (nSPS) is 9.92. The highest BCUT2D eigenvalue weighted by Crippen LogP contribution is 2.15. The van der Waals surface area contributed by atoms with Crippen LogP contribution >= 0.6 is 0 Å². The molecule has 0 saturated carbocycles.